The maximum Gasteiger partial charge on any atom is 0.231 e. The second-order valence-electron chi connectivity index (χ2n) is 10.5. The van der Waals surface area contributed by atoms with E-state index in [0.29, 0.717) is 23.7 Å². The van der Waals surface area contributed by atoms with Gasteiger partial charge in [-0.2, -0.15) is 0 Å². The first kappa shape index (κ1) is 24.3. The molecule has 0 amide bonds. The van der Waals surface area contributed by atoms with Crippen molar-refractivity contribution in [2.24, 2.45) is 0 Å². The molecular formula is C31H37N3O3. The van der Waals surface area contributed by atoms with Crippen LogP contribution in [0, 0.1) is 0 Å². The number of para-hydroxylation sites is 1. The number of hydrogen-bond acceptors (Lipinski definition) is 5. The molecule has 0 N–H and O–H groups in total. The van der Waals surface area contributed by atoms with Gasteiger partial charge in [-0.3, -0.25) is 9.69 Å². The number of nitrogens with zero attached hydrogens (tertiary/aromatic N) is 3. The van der Waals surface area contributed by atoms with Gasteiger partial charge in [0.15, 0.2) is 5.76 Å². The van der Waals surface area contributed by atoms with Crippen molar-refractivity contribution in [2.75, 3.05) is 45.9 Å². The number of Topliss-reactive ketones (excluding diaryl/α,β-unsaturated/α-hetero) is 1. The van der Waals surface area contributed by atoms with E-state index in [1.54, 1.807) is 0 Å². The molecule has 3 aliphatic heterocycles. The number of allylic oxidation sites excluding steroid dienone is 1. The normalized spacial score (nSPS) is 19.9. The van der Waals surface area contributed by atoms with Crippen LogP contribution in [0.4, 0.5) is 0 Å². The molecule has 0 spiro atoms. The van der Waals surface area contributed by atoms with Gasteiger partial charge < -0.3 is 18.9 Å². The Balaban J connectivity index is 1.15. The Bertz CT molecular complexity index is 1280. The van der Waals surface area contributed by atoms with Gasteiger partial charge in [0.1, 0.15) is 18.1 Å². The number of benzene rings is 2. The first-order valence-corrected chi connectivity index (χ1v) is 14.0. The number of rotatable bonds is 8. The number of carbonyl (C=O) groups excluding carboxylic acids is 1. The molecule has 6 heteroatoms. The number of ether oxygens (including phenoxy) is 2. The fourth-order valence-electron chi connectivity index (χ4n) is 5.88. The predicted molar refractivity (Wildman–Crippen MR) is 147 cm³/mol. The van der Waals surface area contributed by atoms with Gasteiger partial charge >= 0.3 is 0 Å². The number of piperidine rings is 2. The molecule has 4 heterocycles. The van der Waals surface area contributed by atoms with Gasteiger partial charge in [-0.15, -0.1) is 0 Å². The van der Waals surface area contributed by atoms with E-state index in [4.69, 9.17) is 9.47 Å². The monoisotopic (exact) mass is 499 g/mol. The van der Waals surface area contributed by atoms with Crippen LogP contribution in [-0.2, 0) is 6.54 Å². The Morgan fingerprint density at radius 1 is 0.838 bits per heavy atom. The van der Waals surface area contributed by atoms with E-state index in [0.717, 1.165) is 49.4 Å². The topological polar surface area (TPSA) is 46.9 Å². The summed E-state index contributed by atoms with van der Waals surface area (Å²) in [4.78, 5) is 18.2. The van der Waals surface area contributed by atoms with Crippen LogP contribution in [0.2, 0.25) is 0 Å². The summed E-state index contributed by atoms with van der Waals surface area (Å²) < 4.78 is 14.4. The molecule has 0 bridgehead atoms. The van der Waals surface area contributed by atoms with Crippen molar-refractivity contribution >= 4 is 22.8 Å². The predicted octanol–water partition coefficient (Wildman–Crippen LogP) is 5.61. The highest BCUT2D eigenvalue weighted by molar-refractivity contribution is 6.15. The molecule has 37 heavy (non-hydrogen) atoms. The van der Waals surface area contributed by atoms with Crippen molar-refractivity contribution in [3.8, 4) is 11.5 Å². The Hall–Kier alpha value is -3.09. The van der Waals surface area contributed by atoms with Crippen molar-refractivity contribution in [3.63, 3.8) is 0 Å². The third-order valence-electron chi connectivity index (χ3n) is 7.98. The van der Waals surface area contributed by atoms with E-state index in [-0.39, 0.29) is 5.78 Å². The molecule has 6 nitrogen and oxygen atoms in total. The molecule has 6 rings (SSSR count). The second kappa shape index (κ2) is 11.1. The molecule has 0 atom stereocenters. The number of likely N-dealkylation sites (tertiary alicyclic amines) is 2. The third kappa shape index (κ3) is 5.46. The zero-order chi connectivity index (χ0) is 25.0. The smallest absolute Gasteiger partial charge is 0.231 e. The molecule has 0 radical (unpaired) electrons. The van der Waals surface area contributed by atoms with Gasteiger partial charge in [0.05, 0.1) is 5.56 Å². The lowest BCUT2D eigenvalue weighted by Gasteiger charge is -2.26. The summed E-state index contributed by atoms with van der Waals surface area (Å²) in [5.74, 6) is 1.64. The van der Waals surface area contributed by atoms with Gasteiger partial charge in [-0.1, -0.05) is 31.0 Å². The third-order valence-corrected chi connectivity index (χ3v) is 7.98. The SMILES string of the molecule is O=C1/C(=C/c2cn(CCN3CCCCC3)c3ccccc23)Oc2cc(OCCN3CCCCC3)ccc21. The van der Waals surface area contributed by atoms with Gasteiger partial charge in [0.2, 0.25) is 5.78 Å². The lowest BCUT2D eigenvalue weighted by molar-refractivity contribution is 0.101. The van der Waals surface area contributed by atoms with Crippen LogP contribution < -0.4 is 9.47 Å². The van der Waals surface area contributed by atoms with Crippen molar-refractivity contribution in [2.45, 2.75) is 45.1 Å². The van der Waals surface area contributed by atoms with E-state index in [1.165, 1.54) is 57.1 Å². The molecule has 2 aromatic carbocycles. The average molecular weight is 500 g/mol. The van der Waals surface area contributed by atoms with Crippen molar-refractivity contribution in [1.82, 2.24) is 14.4 Å². The van der Waals surface area contributed by atoms with Gasteiger partial charge in [0.25, 0.3) is 0 Å². The Kier molecular flexibility index (Phi) is 7.29. The van der Waals surface area contributed by atoms with Crippen LogP contribution in [0.25, 0.3) is 17.0 Å². The van der Waals surface area contributed by atoms with Crippen LogP contribution in [0.15, 0.2) is 54.4 Å². The van der Waals surface area contributed by atoms with Crippen LogP contribution in [0.1, 0.15) is 54.4 Å². The number of carbonyl (C=O) groups is 1. The van der Waals surface area contributed by atoms with Crippen molar-refractivity contribution < 1.29 is 14.3 Å². The summed E-state index contributed by atoms with van der Waals surface area (Å²) in [6, 6.07) is 14.0. The zero-order valence-electron chi connectivity index (χ0n) is 21.7. The quantitative estimate of drug-likeness (QED) is 0.377. The first-order chi connectivity index (χ1) is 18.2. The maximum atomic E-state index is 13.2. The fourth-order valence-corrected chi connectivity index (χ4v) is 5.88. The standard InChI is InChI=1S/C31H37N3O3/c35-31-27-12-11-25(36-20-19-33-15-7-2-8-16-33)22-29(27)37-30(31)21-24-23-34(28-10-4-3-9-26(24)28)18-17-32-13-5-1-6-14-32/h3-4,9-12,21-23H,1-2,5-8,13-20H2/b30-21-. The number of aromatic nitrogens is 1. The van der Waals surface area contributed by atoms with Crippen LogP contribution in [0.5, 0.6) is 11.5 Å². The molecule has 2 saturated heterocycles. The summed E-state index contributed by atoms with van der Waals surface area (Å²) >= 11 is 0. The highest BCUT2D eigenvalue weighted by Gasteiger charge is 2.28. The summed E-state index contributed by atoms with van der Waals surface area (Å²) in [5.41, 5.74) is 2.81. The Morgan fingerprint density at radius 2 is 1.57 bits per heavy atom. The minimum absolute atomic E-state index is 0.0694. The van der Waals surface area contributed by atoms with Crippen molar-refractivity contribution in [1.29, 1.82) is 0 Å². The van der Waals surface area contributed by atoms with E-state index in [2.05, 4.69) is 44.8 Å². The molecule has 3 aliphatic rings. The van der Waals surface area contributed by atoms with Crippen LogP contribution in [0.3, 0.4) is 0 Å². The van der Waals surface area contributed by atoms with E-state index >= 15 is 0 Å². The summed E-state index contributed by atoms with van der Waals surface area (Å²) in [7, 11) is 0. The molecule has 0 saturated carbocycles. The van der Waals surface area contributed by atoms with Crippen LogP contribution >= 0.6 is 0 Å². The van der Waals surface area contributed by atoms with E-state index < -0.39 is 0 Å². The molecule has 0 aliphatic carbocycles. The Labute approximate surface area is 219 Å². The van der Waals surface area contributed by atoms with E-state index in [1.807, 2.05) is 24.3 Å². The minimum atomic E-state index is -0.0694. The van der Waals surface area contributed by atoms with Gasteiger partial charge in [-0.25, -0.2) is 0 Å². The summed E-state index contributed by atoms with van der Waals surface area (Å²) in [6.45, 7) is 8.28. The zero-order valence-corrected chi connectivity index (χ0v) is 21.7. The molecule has 3 aromatic rings. The first-order valence-electron chi connectivity index (χ1n) is 14.0. The van der Waals surface area contributed by atoms with Crippen molar-refractivity contribution in [3.05, 3.63) is 65.5 Å². The van der Waals surface area contributed by atoms with Crippen LogP contribution in [-0.4, -0.2) is 66.0 Å². The second-order valence-corrected chi connectivity index (χ2v) is 10.5. The van der Waals surface area contributed by atoms with Gasteiger partial charge in [0, 0.05) is 48.4 Å². The highest BCUT2D eigenvalue weighted by Crippen LogP contribution is 2.36. The highest BCUT2D eigenvalue weighted by atomic mass is 16.5. The Morgan fingerprint density at radius 3 is 2.35 bits per heavy atom. The molecule has 2 fully saturated rings. The maximum absolute atomic E-state index is 13.2. The average Bonchev–Trinajstić information content (AvgIpc) is 3.45. The largest absolute Gasteiger partial charge is 0.492 e. The molecule has 0 unspecified atom stereocenters. The molecule has 1 aromatic heterocycles. The summed E-state index contributed by atoms with van der Waals surface area (Å²) in [6.07, 6.45) is 11.9. The minimum Gasteiger partial charge on any atom is -0.492 e. The number of hydrogen-bond donors (Lipinski definition) is 0. The molecular weight excluding hydrogens is 462 g/mol. The summed E-state index contributed by atoms with van der Waals surface area (Å²) in [5, 5.41) is 1.14. The lowest BCUT2D eigenvalue weighted by Crippen LogP contribution is -2.33. The fraction of sp³-hybridized carbons (Fsp3) is 0.452. The van der Waals surface area contributed by atoms with Gasteiger partial charge in [-0.05, 0) is 76.1 Å². The lowest BCUT2D eigenvalue weighted by atomic mass is 10.1. The molecule has 194 valence electrons. The number of ketones is 1. The number of fused-ring (bicyclic) bond motifs is 2. The van der Waals surface area contributed by atoms with E-state index in [9.17, 15) is 4.79 Å².